The fourth-order valence-corrected chi connectivity index (χ4v) is 7.47. The van der Waals surface area contributed by atoms with Crippen molar-refractivity contribution in [3.63, 3.8) is 0 Å². The molecular weight excluding hydrogens is 360 g/mol. The van der Waals surface area contributed by atoms with Gasteiger partial charge in [-0.25, -0.2) is 0 Å². The van der Waals surface area contributed by atoms with Gasteiger partial charge in [-0.2, -0.15) is 0 Å². The van der Waals surface area contributed by atoms with Crippen LogP contribution in [-0.2, 0) is 14.3 Å². The molecule has 3 heteroatoms. The monoisotopic (exact) mass is 386 g/mol. The van der Waals surface area contributed by atoms with Crippen molar-refractivity contribution in [2.24, 2.45) is 17.8 Å². The van der Waals surface area contributed by atoms with Crippen LogP contribution in [0.3, 0.4) is 0 Å². The van der Waals surface area contributed by atoms with Gasteiger partial charge in [0.2, 0.25) is 0 Å². The summed E-state index contributed by atoms with van der Waals surface area (Å²) >= 11 is 0. The molecule has 148 valence electrons. The van der Waals surface area contributed by atoms with Crippen molar-refractivity contribution in [2.75, 3.05) is 0 Å². The quantitative estimate of drug-likeness (QED) is 0.697. The van der Waals surface area contributed by atoms with E-state index in [4.69, 9.17) is 9.47 Å². The lowest BCUT2D eigenvalue weighted by atomic mass is 9.59. The van der Waals surface area contributed by atoms with E-state index in [0.717, 1.165) is 18.8 Å². The Morgan fingerprint density at radius 1 is 0.862 bits per heavy atom. The highest BCUT2D eigenvalue weighted by atomic mass is 16.6. The zero-order valence-corrected chi connectivity index (χ0v) is 16.5. The maximum atomic E-state index is 13.5. The van der Waals surface area contributed by atoms with Crippen LogP contribution < -0.4 is 0 Å². The Kier molecular flexibility index (Phi) is 3.41. The summed E-state index contributed by atoms with van der Waals surface area (Å²) in [6.07, 6.45) is 6.08. The summed E-state index contributed by atoms with van der Waals surface area (Å²) in [5.41, 5.74) is 5.45. The standard InChI is InChI=1S/C26H26O3/c27-26(29-23-13-22-16-10-5-11-19(16)25(23)28-22)21-12-20-14-6-1-3-8-17(14)24(21)18-9-4-2-7-15(18)20/h1-4,6-9,16,19-25H,5,10-13H2. The Bertz CT molecular complexity index is 949. The summed E-state index contributed by atoms with van der Waals surface area (Å²) in [7, 11) is 0. The summed E-state index contributed by atoms with van der Waals surface area (Å²) in [4.78, 5) is 13.5. The van der Waals surface area contributed by atoms with Crippen molar-refractivity contribution in [3.8, 4) is 0 Å². The maximum Gasteiger partial charge on any atom is 0.310 e. The molecule has 0 radical (unpaired) electrons. The molecule has 3 fully saturated rings. The summed E-state index contributed by atoms with van der Waals surface area (Å²) in [5.74, 6) is 1.69. The Morgan fingerprint density at radius 2 is 1.52 bits per heavy atom. The lowest BCUT2D eigenvalue weighted by Gasteiger charge is -2.44. The van der Waals surface area contributed by atoms with E-state index in [2.05, 4.69) is 48.5 Å². The van der Waals surface area contributed by atoms with Gasteiger partial charge in [-0.15, -0.1) is 0 Å². The molecule has 8 rings (SSSR count). The number of benzene rings is 2. The Hall–Kier alpha value is -2.13. The average molecular weight is 386 g/mol. The molecule has 2 heterocycles. The topological polar surface area (TPSA) is 35.5 Å². The number of ether oxygens (including phenoxy) is 2. The first-order valence-electron chi connectivity index (χ1n) is 11.3. The first kappa shape index (κ1) is 16.6. The van der Waals surface area contributed by atoms with Crippen LogP contribution in [0.15, 0.2) is 48.5 Å². The SMILES string of the molecule is O=C(OC1CC2OC1C1CCCC21)C1CC2c3ccccc3C1c1ccccc12. The number of carbonyl (C=O) groups is 1. The molecule has 2 aromatic carbocycles. The van der Waals surface area contributed by atoms with E-state index in [9.17, 15) is 4.79 Å². The molecule has 2 saturated heterocycles. The summed E-state index contributed by atoms with van der Waals surface area (Å²) in [5, 5.41) is 0. The van der Waals surface area contributed by atoms with Crippen LogP contribution in [0, 0.1) is 17.8 Å². The number of rotatable bonds is 2. The normalized spacial score (nSPS) is 40.4. The van der Waals surface area contributed by atoms with Crippen molar-refractivity contribution in [1.29, 1.82) is 0 Å². The van der Waals surface area contributed by atoms with Crippen LogP contribution in [-0.4, -0.2) is 24.3 Å². The van der Waals surface area contributed by atoms with Gasteiger partial charge in [-0.1, -0.05) is 55.0 Å². The van der Waals surface area contributed by atoms with E-state index in [1.807, 2.05) is 0 Å². The summed E-state index contributed by atoms with van der Waals surface area (Å²) < 4.78 is 12.4. The van der Waals surface area contributed by atoms with Crippen molar-refractivity contribution in [1.82, 2.24) is 0 Å². The molecule has 2 aromatic rings. The minimum Gasteiger partial charge on any atom is -0.459 e. The molecule has 0 amide bonds. The number of hydrogen-bond acceptors (Lipinski definition) is 3. The van der Waals surface area contributed by atoms with E-state index in [1.54, 1.807) is 0 Å². The molecular formula is C26H26O3. The van der Waals surface area contributed by atoms with Crippen LogP contribution in [0.2, 0.25) is 0 Å². The van der Waals surface area contributed by atoms with Gasteiger partial charge in [-0.05, 0) is 53.4 Å². The minimum atomic E-state index is -0.0803. The van der Waals surface area contributed by atoms with Gasteiger partial charge < -0.3 is 9.47 Å². The van der Waals surface area contributed by atoms with E-state index < -0.39 is 0 Å². The molecule has 6 atom stereocenters. The Morgan fingerprint density at radius 3 is 2.24 bits per heavy atom. The van der Waals surface area contributed by atoms with Gasteiger partial charge in [0.1, 0.15) is 6.10 Å². The highest BCUT2D eigenvalue weighted by Crippen LogP contribution is 2.56. The third kappa shape index (κ3) is 2.20. The lowest BCUT2D eigenvalue weighted by molar-refractivity contribution is -0.159. The Balaban J connectivity index is 1.20. The van der Waals surface area contributed by atoms with Crippen LogP contribution in [0.5, 0.6) is 0 Å². The zero-order valence-electron chi connectivity index (χ0n) is 16.5. The molecule has 6 unspecified atom stereocenters. The second-order valence-corrected chi connectivity index (χ2v) is 9.74. The third-order valence-corrected chi connectivity index (χ3v) is 8.56. The van der Waals surface area contributed by atoms with Crippen LogP contribution in [0.1, 0.15) is 66.2 Å². The largest absolute Gasteiger partial charge is 0.459 e. The predicted molar refractivity (Wildman–Crippen MR) is 109 cm³/mol. The molecule has 6 aliphatic rings. The summed E-state index contributed by atoms with van der Waals surface area (Å²) in [6, 6.07) is 17.4. The van der Waals surface area contributed by atoms with Crippen molar-refractivity contribution in [3.05, 3.63) is 70.8 Å². The first-order chi connectivity index (χ1) is 14.3. The zero-order chi connectivity index (χ0) is 19.1. The van der Waals surface area contributed by atoms with E-state index in [-0.39, 0.29) is 30.0 Å². The number of fused-ring (bicyclic) bond motifs is 6. The predicted octanol–water partition coefficient (Wildman–Crippen LogP) is 4.78. The molecule has 1 saturated carbocycles. The van der Waals surface area contributed by atoms with Crippen molar-refractivity contribution < 1.29 is 14.3 Å². The fraction of sp³-hybridized carbons (Fsp3) is 0.500. The van der Waals surface area contributed by atoms with Crippen LogP contribution >= 0.6 is 0 Å². The molecule has 4 bridgehead atoms. The Labute approximate surface area is 171 Å². The fourth-order valence-electron chi connectivity index (χ4n) is 7.47. The highest BCUT2D eigenvalue weighted by Gasteiger charge is 2.57. The van der Waals surface area contributed by atoms with Crippen LogP contribution in [0.4, 0.5) is 0 Å². The number of carbonyl (C=O) groups excluding carboxylic acids is 1. The van der Waals surface area contributed by atoms with Gasteiger partial charge in [0.05, 0.1) is 18.1 Å². The van der Waals surface area contributed by atoms with Crippen LogP contribution in [0.25, 0.3) is 0 Å². The number of hydrogen-bond donors (Lipinski definition) is 0. The second kappa shape index (κ2) is 5.95. The number of esters is 1. The smallest absolute Gasteiger partial charge is 0.310 e. The minimum absolute atomic E-state index is 0.000275. The average Bonchev–Trinajstić information content (AvgIpc) is 3.47. The molecule has 2 aliphatic heterocycles. The van der Waals surface area contributed by atoms with Gasteiger partial charge in [-0.3, -0.25) is 4.79 Å². The van der Waals surface area contributed by atoms with Gasteiger partial charge in [0, 0.05) is 18.3 Å². The lowest BCUT2D eigenvalue weighted by Crippen LogP contribution is -2.42. The van der Waals surface area contributed by atoms with Crippen molar-refractivity contribution >= 4 is 5.97 Å². The van der Waals surface area contributed by atoms with E-state index >= 15 is 0 Å². The first-order valence-corrected chi connectivity index (χ1v) is 11.3. The van der Waals surface area contributed by atoms with Gasteiger partial charge >= 0.3 is 5.97 Å². The molecule has 29 heavy (non-hydrogen) atoms. The summed E-state index contributed by atoms with van der Waals surface area (Å²) in [6.45, 7) is 0. The maximum absolute atomic E-state index is 13.5. The molecule has 4 aliphatic carbocycles. The second-order valence-electron chi connectivity index (χ2n) is 9.74. The molecule has 0 spiro atoms. The van der Waals surface area contributed by atoms with E-state index in [1.165, 1.54) is 41.5 Å². The molecule has 0 N–H and O–H groups in total. The highest BCUT2D eigenvalue weighted by molar-refractivity contribution is 5.78. The van der Waals surface area contributed by atoms with Gasteiger partial charge in [0.25, 0.3) is 0 Å². The molecule has 0 aromatic heterocycles. The van der Waals surface area contributed by atoms with E-state index in [0.29, 0.717) is 17.9 Å². The van der Waals surface area contributed by atoms with Crippen molar-refractivity contribution in [2.45, 2.75) is 62.3 Å². The van der Waals surface area contributed by atoms with Gasteiger partial charge in [0.15, 0.2) is 0 Å². The molecule has 3 nitrogen and oxygen atoms in total. The third-order valence-electron chi connectivity index (χ3n) is 8.56.